The molecule has 1 saturated carbocycles. The lowest BCUT2D eigenvalue weighted by molar-refractivity contribution is 0.289. The molecule has 0 aromatic carbocycles. The summed E-state index contributed by atoms with van der Waals surface area (Å²) in [6.07, 6.45) is 8.12. The maximum Gasteiger partial charge on any atom is 0.0951 e. The van der Waals surface area contributed by atoms with E-state index in [4.69, 9.17) is 11.1 Å². The van der Waals surface area contributed by atoms with Crippen LogP contribution in [0.25, 0.3) is 0 Å². The molecule has 1 aromatic rings. The van der Waals surface area contributed by atoms with Crippen molar-refractivity contribution in [1.82, 2.24) is 9.78 Å². The predicted molar refractivity (Wildman–Crippen MR) is 50.7 cm³/mol. The van der Waals surface area contributed by atoms with Gasteiger partial charge in [0.25, 0.3) is 0 Å². The van der Waals surface area contributed by atoms with Gasteiger partial charge < -0.3 is 5.73 Å². The van der Waals surface area contributed by atoms with Gasteiger partial charge in [-0.25, -0.2) is 0 Å². The molecule has 0 bridgehead atoms. The zero-order chi connectivity index (χ0) is 9.26. The maximum atomic E-state index is 7.15. The molecule has 1 fully saturated rings. The molecule has 0 amide bonds. The SMILES string of the molecule is N=C(N)Cc1cnn(C2CCC2)c1. The Balaban J connectivity index is 2.04. The lowest BCUT2D eigenvalue weighted by atomic mass is 9.93. The molecular formula is C9H14N4. The minimum absolute atomic E-state index is 0.202. The molecule has 70 valence electrons. The average molecular weight is 178 g/mol. The number of rotatable bonds is 3. The molecule has 0 atom stereocenters. The average Bonchev–Trinajstić information content (AvgIpc) is 2.31. The number of nitrogens with zero attached hydrogens (tertiary/aromatic N) is 2. The standard InChI is InChI=1S/C9H14N4/c10-9(11)4-7-5-12-13(6-7)8-2-1-3-8/h5-6,8H,1-4H2,(H3,10,11). The molecule has 0 unspecified atom stereocenters. The molecule has 2 rings (SSSR count). The Morgan fingerprint density at radius 2 is 2.46 bits per heavy atom. The first-order valence-electron chi connectivity index (χ1n) is 4.61. The van der Waals surface area contributed by atoms with E-state index < -0.39 is 0 Å². The Hall–Kier alpha value is -1.32. The second-order valence-corrected chi connectivity index (χ2v) is 3.62. The summed E-state index contributed by atoms with van der Waals surface area (Å²) in [5.41, 5.74) is 6.34. The van der Waals surface area contributed by atoms with Crippen LogP contribution >= 0.6 is 0 Å². The lowest BCUT2D eigenvalue weighted by Crippen LogP contribution is -2.17. The highest BCUT2D eigenvalue weighted by molar-refractivity contribution is 5.79. The zero-order valence-electron chi connectivity index (χ0n) is 7.53. The number of nitrogens with two attached hydrogens (primary N) is 1. The monoisotopic (exact) mass is 178 g/mol. The number of hydrogen-bond acceptors (Lipinski definition) is 2. The third-order valence-electron chi connectivity index (χ3n) is 2.50. The van der Waals surface area contributed by atoms with Crippen LogP contribution in [0.4, 0.5) is 0 Å². The fourth-order valence-corrected chi connectivity index (χ4v) is 1.54. The fourth-order valence-electron chi connectivity index (χ4n) is 1.54. The summed E-state index contributed by atoms with van der Waals surface area (Å²) < 4.78 is 2.00. The van der Waals surface area contributed by atoms with E-state index in [1.165, 1.54) is 19.3 Å². The second-order valence-electron chi connectivity index (χ2n) is 3.62. The highest BCUT2D eigenvalue weighted by atomic mass is 15.3. The third kappa shape index (κ3) is 1.71. The normalized spacial score (nSPS) is 16.9. The van der Waals surface area contributed by atoms with Crippen LogP contribution in [0, 0.1) is 5.41 Å². The molecule has 1 aromatic heterocycles. The van der Waals surface area contributed by atoms with Crippen LogP contribution in [-0.4, -0.2) is 15.6 Å². The Bertz CT molecular complexity index is 311. The van der Waals surface area contributed by atoms with Gasteiger partial charge in [-0.1, -0.05) is 0 Å². The van der Waals surface area contributed by atoms with E-state index >= 15 is 0 Å². The van der Waals surface area contributed by atoms with Crippen molar-refractivity contribution in [3.05, 3.63) is 18.0 Å². The topological polar surface area (TPSA) is 67.7 Å². The first-order chi connectivity index (χ1) is 6.25. The van der Waals surface area contributed by atoms with E-state index in [0.29, 0.717) is 12.5 Å². The van der Waals surface area contributed by atoms with Crippen molar-refractivity contribution >= 4 is 5.84 Å². The van der Waals surface area contributed by atoms with Gasteiger partial charge in [0, 0.05) is 12.6 Å². The summed E-state index contributed by atoms with van der Waals surface area (Å²) in [6.45, 7) is 0. The summed E-state index contributed by atoms with van der Waals surface area (Å²) in [4.78, 5) is 0. The molecule has 3 N–H and O–H groups in total. The van der Waals surface area contributed by atoms with Crippen LogP contribution in [0.1, 0.15) is 30.9 Å². The lowest BCUT2D eigenvalue weighted by Gasteiger charge is -2.25. The van der Waals surface area contributed by atoms with Crippen LogP contribution in [0.15, 0.2) is 12.4 Å². The molecule has 1 aliphatic carbocycles. The van der Waals surface area contributed by atoms with Crippen molar-refractivity contribution in [1.29, 1.82) is 5.41 Å². The highest BCUT2D eigenvalue weighted by Crippen LogP contribution is 2.30. The fraction of sp³-hybridized carbons (Fsp3) is 0.556. The van der Waals surface area contributed by atoms with Gasteiger partial charge in [-0.3, -0.25) is 10.1 Å². The molecule has 1 aliphatic rings. The van der Waals surface area contributed by atoms with Crippen LogP contribution in [0.5, 0.6) is 0 Å². The van der Waals surface area contributed by atoms with Crippen molar-refractivity contribution in [3.8, 4) is 0 Å². The Labute approximate surface area is 77.2 Å². The second kappa shape index (κ2) is 3.20. The van der Waals surface area contributed by atoms with E-state index in [2.05, 4.69) is 5.10 Å². The molecule has 0 saturated heterocycles. The molecule has 0 aliphatic heterocycles. The van der Waals surface area contributed by atoms with Gasteiger partial charge in [-0.05, 0) is 24.8 Å². The smallest absolute Gasteiger partial charge is 0.0951 e. The zero-order valence-corrected chi connectivity index (χ0v) is 7.53. The van der Waals surface area contributed by atoms with Crippen LogP contribution in [0.3, 0.4) is 0 Å². The molecule has 4 heteroatoms. The van der Waals surface area contributed by atoms with E-state index in [1.807, 2.05) is 10.9 Å². The van der Waals surface area contributed by atoms with E-state index in [0.717, 1.165) is 5.56 Å². The Morgan fingerprint density at radius 3 is 3.00 bits per heavy atom. The van der Waals surface area contributed by atoms with Gasteiger partial charge in [-0.2, -0.15) is 5.10 Å². The number of hydrogen-bond donors (Lipinski definition) is 2. The molecular weight excluding hydrogens is 164 g/mol. The molecule has 4 nitrogen and oxygen atoms in total. The summed E-state index contributed by atoms with van der Waals surface area (Å²) in [7, 11) is 0. The van der Waals surface area contributed by atoms with Gasteiger partial charge in [0.15, 0.2) is 0 Å². The quantitative estimate of drug-likeness (QED) is 0.537. The van der Waals surface area contributed by atoms with Crippen LogP contribution < -0.4 is 5.73 Å². The summed E-state index contributed by atoms with van der Waals surface area (Å²) >= 11 is 0. The van der Waals surface area contributed by atoms with Gasteiger partial charge in [-0.15, -0.1) is 0 Å². The van der Waals surface area contributed by atoms with E-state index in [-0.39, 0.29) is 5.84 Å². The number of amidine groups is 1. The van der Waals surface area contributed by atoms with Crippen LogP contribution in [-0.2, 0) is 6.42 Å². The van der Waals surface area contributed by atoms with E-state index in [1.54, 1.807) is 6.20 Å². The summed E-state index contributed by atoms with van der Waals surface area (Å²) in [5, 5.41) is 11.4. The largest absolute Gasteiger partial charge is 0.387 e. The van der Waals surface area contributed by atoms with Gasteiger partial charge >= 0.3 is 0 Å². The van der Waals surface area contributed by atoms with Gasteiger partial charge in [0.1, 0.15) is 0 Å². The molecule has 0 radical (unpaired) electrons. The minimum Gasteiger partial charge on any atom is -0.387 e. The van der Waals surface area contributed by atoms with Crippen LogP contribution in [0.2, 0.25) is 0 Å². The first kappa shape index (κ1) is 8.29. The van der Waals surface area contributed by atoms with Crippen molar-refractivity contribution in [2.24, 2.45) is 5.73 Å². The van der Waals surface area contributed by atoms with E-state index in [9.17, 15) is 0 Å². The highest BCUT2D eigenvalue weighted by Gasteiger charge is 2.19. The van der Waals surface area contributed by atoms with Crippen molar-refractivity contribution < 1.29 is 0 Å². The Morgan fingerprint density at radius 1 is 1.69 bits per heavy atom. The summed E-state index contributed by atoms with van der Waals surface area (Å²) in [5.74, 6) is 0.202. The number of nitrogens with one attached hydrogen (secondary N) is 1. The maximum absolute atomic E-state index is 7.15. The van der Waals surface area contributed by atoms with Gasteiger partial charge in [0.2, 0.25) is 0 Å². The predicted octanol–water partition coefficient (Wildman–Crippen LogP) is 1.09. The molecule has 13 heavy (non-hydrogen) atoms. The first-order valence-corrected chi connectivity index (χ1v) is 4.61. The van der Waals surface area contributed by atoms with Crippen molar-refractivity contribution in [3.63, 3.8) is 0 Å². The summed E-state index contributed by atoms with van der Waals surface area (Å²) in [6, 6.07) is 0.598. The van der Waals surface area contributed by atoms with Crippen molar-refractivity contribution in [2.75, 3.05) is 0 Å². The third-order valence-corrected chi connectivity index (χ3v) is 2.50. The van der Waals surface area contributed by atoms with Gasteiger partial charge in [0.05, 0.1) is 18.1 Å². The number of aromatic nitrogens is 2. The van der Waals surface area contributed by atoms with Crippen molar-refractivity contribution in [2.45, 2.75) is 31.7 Å². The molecule has 1 heterocycles. The minimum atomic E-state index is 0.202. The molecule has 0 spiro atoms. The Kier molecular flexibility index (Phi) is 2.04.